The number of aromatic nitrogens is 9. The maximum absolute atomic E-state index is 4.85. The molecule has 120 heavy (non-hydrogen) atoms. The van der Waals surface area contributed by atoms with E-state index >= 15 is 0 Å². The lowest BCUT2D eigenvalue weighted by Crippen LogP contribution is -1.95. The molecule has 0 N–H and O–H groups in total. The zero-order chi connectivity index (χ0) is 79.7. The molecular formula is C111H71N9. The normalized spacial score (nSPS) is 11.3. The standard InChI is InChI=1S/C29H19N.C28H18N2.2C27H17N3/c1-2-12-25-23(10-1)24-11-3-4-13-26(24)28-19-21(15-16-27(25)28)20-8-7-9-22(18-20)29-14-5-6-17-30-29;1-2-8-19(9-3-1)28-29-17-16-27(30-28)20-14-15-25-23-12-5-4-10-21(23)22-11-6-7-13-24(22)26(25)18-20;1-2-7-22-20(5-1)21-6-3-4-8-23(21)25-17-19(9-10-24(22)25)26-13-16-29-27(30-26)18-11-14-28-15-12-18;1-2-8-18(9-3-1)26-28-17-29-27(30-26)19-14-15-24-22-12-5-4-10-20(22)21-11-6-7-13-23(21)25(24)16-19/h1-19H;1-18H;2*1-17H. The van der Waals surface area contributed by atoms with Crippen LogP contribution in [0.1, 0.15) is 0 Å². The summed E-state index contributed by atoms with van der Waals surface area (Å²) in [5.41, 5.74) is 12.6. The minimum atomic E-state index is 0.683. The third-order valence-electron chi connectivity index (χ3n) is 22.9. The molecule has 5 aromatic heterocycles. The summed E-state index contributed by atoms with van der Waals surface area (Å²) >= 11 is 0. The van der Waals surface area contributed by atoms with Crippen LogP contribution in [0, 0.1) is 0 Å². The highest BCUT2D eigenvalue weighted by molar-refractivity contribution is 6.29. The van der Waals surface area contributed by atoms with E-state index in [0.29, 0.717) is 17.5 Å². The predicted octanol–water partition coefficient (Wildman–Crippen LogP) is 28.5. The van der Waals surface area contributed by atoms with Crippen LogP contribution in [-0.4, -0.2) is 44.9 Å². The van der Waals surface area contributed by atoms with Crippen molar-refractivity contribution in [3.8, 4) is 90.5 Å². The highest BCUT2D eigenvalue weighted by Crippen LogP contribution is 2.43. The van der Waals surface area contributed by atoms with Crippen LogP contribution in [0.5, 0.6) is 0 Å². The van der Waals surface area contributed by atoms with Crippen molar-refractivity contribution in [2.75, 3.05) is 0 Å². The summed E-state index contributed by atoms with van der Waals surface area (Å²) in [4.78, 5) is 40.8. The first-order chi connectivity index (χ1) is 59.5. The zero-order valence-electron chi connectivity index (χ0n) is 65.0. The second-order valence-electron chi connectivity index (χ2n) is 29.8. The van der Waals surface area contributed by atoms with Crippen LogP contribution in [0.3, 0.4) is 0 Å². The Morgan fingerprint density at radius 3 is 0.767 bits per heavy atom. The number of pyridine rings is 2. The van der Waals surface area contributed by atoms with Gasteiger partial charge in [-0.15, -0.1) is 0 Å². The Morgan fingerprint density at radius 1 is 0.125 bits per heavy atom. The second-order valence-corrected chi connectivity index (χ2v) is 29.8. The van der Waals surface area contributed by atoms with Crippen molar-refractivity contribution in [1.82, 2.24) is 44.9 Å². The first kappa shape index (κ1) is 71.5. The fourth-order valence-corrected chi connectivity index (χ4v) is 17.2. The van der Waals surface area contributed by atoms with Crippen LogP contribution >= 0.6 is 0 Å². The predicted molar refractivity (Wildman–Crippen MR) is 499 cm³/mol. The van der Waals surface area contributed by atoms with E-state index in [4.69, 9.17) is 15.0 Å². The largest absolute Gasteiger partial charge is 0.265 e. The average Bonchev–Trinajstić information content (AvgIpc) is 0.757. The van der Waals surface area contributed by atoms with Crippen molar-refractivity contribution in [3.63, 3.8) is 0 Å². The fourth-order valence-electron chi connectivity index (χ4n) is 17.2. The Morgan fingerprint density at radius 2 is 0.392 bits per heavy atom. The van der Waals surface area contributed by atoms with E-state index < -0.39 is 0 Å². The molecule has 0 atom stereocenters. The van der Waals surface area contributed by atoms with Gasteiger partial charge < -0.3 is 0 Å². The monoisotopic (exact) mass is 1530 g/mol. The molecule has 0 bridgehead atoms. The van der Waals surface area contributed by atoms with Gasteiger partial charge in [0.25, 0.3) is 0 Å². The Bertz CT molecular complexity index is 6950. The van der Waals surface area contributed by atoms with Crippen molar-refractivity contribution in [1.29, 1.82) is 0 Å². The quantitative estimate of drug-likeness (QED) is 0.137. The summed E-state index contributed by atoms with van der Waals surface area (Å²) in [5.74, 6) is 2.82. The Hall–Kier alpha value is -16.2. The number of fused-ring (bicyclic) bond motifs is 24. The molecule has 24 rings (SSSR count). The Kier molecular flexibility index (Phi) is 18.8. The highest BCUT2D eigenvalue weighted by Gasteiger charge is 2.18. The smallest absolute Gasteiger partial charge is 0.163 e. The van der Waals surface area contributed by atoms with Crippen LogP contribution in [0.2, 0.25) is 0 Å². The van der Waals surface area contributed by atoms with Crippen molar-refractivity contribution in [2.45, 2.75) is 0 Å². The molecule has 0 amide bonds. The summed E-state index contributed by atoms with van der Waals surface area (Å²) in [6.07, 6.45) is 10.6. The molecule has 560 valence electrons. The molecule has 0 aliphatic rings. The molecule has 24 aromatic rings. The molecule has 19 aromatic carbocycles. The van der Waals surface area contributed by atoms with E-state index in [9.17, 15) is 0 Å². The van der Waals surface area contributed by atoms with Gasteiger partial charge in [0.05, 0.1) is 17.1 Å². The van der Waals surface area contributed by atoms with E-state index in [1.807, 2.05) is 116 Å². The molecule has 5 heterocycles. The molecule has 0 radical (unpaired) electrons. The van der Waals surface area contributed by atoms with Crippen molar-refractivity contribution in [3.05, 3.63) is 432 Å². The van der Waals surface area contributed by atoms with E-state index in [-0.39, 0.29) is 0 Å². The lowest BCUT2D eigenvalue weighted by atomic mass is 9.92. The van der Waals surface area contributed by atoms with Gasteiger partial charge in [-0.3, -0.25) is 9.97 Å². The maximum atomic E-state index is 4.85. The SMILES string of the molecule is c1ccc(-c2cccc(-c3ccc4c5ccccc5c5ccccc5c4c3)c2)nc1.c1ccc(-c2nccc(-c3ccc4c5ccccc5c5ccccc5c4c3)n2)cc1.c1ccc(-c2ncnc(-c3ccc4c5ccccc5c5ccccc5c4c3)n2)cc1.c1ccc2c(c1)c1ccccc1c1cc(-c3ccnc(-c4ccncc4)n3)ccc21. The third-order valence-corrected chi connectivity index (χ3v) is 22.9. The van der Waals surface area contributed by atoms with Crippen LogP contribution < -0.4 is 0 Å². The third kappa shape index (κ3) is 13.6. The van der Waals surface area contributed by atoms with Crippen molar-refractivity contribution >= 4 is 129 Å². The first-order valence-electron chi connectivity index (χ1n) is 40.3. The van der Waals surface area contributed by atoms with Gasteiger partial charge in [0.2, 0.25) is 0 Å². The molecule has 0 aliphatic carbocycles. The lowest BCUT2D eigenvalue weighted by Gasteiger charge is -2.12. The van der Waals surface area contributed by atoms with Crippen molar-refractivity contribution < 1.29 is 0 Å². The molecule has 0 saturated carbocycles. The molecule has 9 heteroatoms. The lowest BCUT2D eigenvalue weighted by molar-refractivity contribution is 1.07. The van der Waals surface area contributed by atoms with Crippen molar-refractivity contribution in [2.24, 2.45) is 0 Å². The summed E-state index contributed by atoms with van der Waals surface area (Å²) in [6, 6.07) is 138. The molecular weight excluding hydrogens is 1460 g/mol. The van der Waals surface area contributed by atoms with E-state index in [2.05, 4.69) is 327 Å². The minimum Gasteiger partial charge on any atom is -0.265 e. The summed E-state index contributed by atoms with van der Waals surface area (Å²) < 4.78 is 0. The van der Waals surface area contributed by atoms with Gasteiger partial charge in [-0.05, 0) is 207 Å². The highest BCUT2D eigenvalue weighted by atomic mass is 15.0. The van der Waals surface area contributed by atoms with Gasteiger partial charge in [0.15, 0.2) is 23.3 Å². The topological polar surface area (TPSA) is 116 Å². The Labute approximate surface area is 691 Å². The molecule has 0 fully saturated rings. The minimum absolute atomic E-state index is 0.683. The number of benzene rings is 19. The van der Waals surface area contributed by atoms with E-state index in [1.54, 1.807) is 18.7 Å². The van der Waals surface area contributed by atoms with E-state index in [1.165, 1.54) is 140 Å². The zero-order valence-corrected chi connectivity index (χ0v) is 65.0. The second kappa shape index (κ2) is 31.5. The molecule has 0 spiro atoms. The van der Waals surface area contributed by atoms with Gasteiger partial charge >= 0.3 is 0 Å². The molecule has 0 unspecified atom stereocenters. The van der Waals surface area contributed by atoms with Gasteiger partial charge in [-0.2, -0.15) is 0 Å². The van der Waals surface area contributed by atoms with Crippen LogP contribution in [0.25, 0.3) is 220 Å². The van der Waals surface area contributed by atoms with Gasteiger partial charge in [-0.25, -0.2) is 34.9 Å². The molecule has 0 saturated heterocycles. The molecule has 0 aliphatic heterocycles. The van der Waals surface area contributed by atoms with Gasteiger partial charge in [0, 0.05) is 69.9 Å². The summed E-state index contributed by atoms with van der Waals surface area (Å²) in [7, 11) is 0. The number of nitrogens with zero attached hydrogens (tertiary/aromatic N) is 9. The van der Waals surface area contributed by atoms with E-state index in [0.717, 1.165) is 61.9 Å². The molecule has 9 nitrogen and oxygen atoms in total. The van der Waals surface area contributed by atoms with Crippen LogP contribution in [0.15, 0.2) is 432 Å². The summed E-state index contributed by atoms with van der Waals surface area (Å²) in [5, 5.41) is 30.6. The van der Waals surface area contributed by atoms with Crippen LogP contribution in [0.4, 0.5) is 0 Å². The average molecular weight is 1530 g/mol. The first-order valence-corrected chi connectivity index (χ1v) is 40.3. The number of hydrogen-bond donors (Lipinski definition) is 0. The Balaban J connectivity index is 0.0000000990. The summed E-state index contributed by atoms with van der Waals surface area (Å²) in [6.45, 7) is 0. The number of hydrogen-bond acceptors (Lipinski definition) is 9. The van der Waals surface area contributed by atoms with Gasteiger partial charge in [0.1, 0.15) is 6.33 Å². The number of rotatable bonds is 8. The van der Waals surface area contributed by atoms with Gasteiger partial charge in [-0.1, -0.05) is 328 Å². The fraction of sp³-hybridized carbons (Fsp3) is 0. The van der Waals surface area contributed by atoms with Crippen LogP contribution in [-0.2, 0) is 0 Å². The maximum Gasteiger partial charge on any atom is 0.163 e.